The van der Waals surface area contributed by atoms with E-state index in [1.807, 2.05) is 31.2 Å². The molecule has 1 saturated heterocycles. The van der Waals surface area contributed by atoms with Crippen LogP contribution in [0.1, 0.15) is 18.5 Å². The van der Waals surface area contributed by atoms with Gasteiger partial charge in [-0.05, 0) is 24.6 Å². The van der Waals surface area contributed by atoms with Gasteiger partial charge in [0, 0.05) is 11.6 Å². The summed E-state index contributed by atoms with van der Waals surface area (Å²) >= 11 is 5.80. The molecule has 80 valence electrons. The van der Waals surface area contributed by atoms with Gasteiger partial charge in [-0.1, -0.05) is 23.7 Å². The summed E-state index contributed by atoms with van der Waals surface area (Å²) < 4.78 is 0. The maximum atomic E-state index is 11.4. The Morgan fingerprint density at radius 2 is 2.00 bits per heavy atom. The Kier molecular flexibility index (Phi) is 2.67. The number of nitrogens with two attached hydrogens (primary N) is 1. The van der Waals surface area contributed by atoms with Crippen molar-refractivity contribution in [1.82, 2.24) is 4.90 Å². The fourth-order valence-corrected chi connectivity index (χ4v) is 2.10. The van der Waals surface area contributed by atoms with Gasteiger partial charge >= 0.3 is 0 Å². The lowest BCUT2D eigenvalue weighted by Crippen LogP contribution is -2.62. The first kappa shape index (κ1) is 10.5. The van der Waals surface area contributed by atoms with Crippen LogP contribution in [0, 0.1) is 0 Å². The quantitative estimate of drug-likeness (QED) is 0.776. The van der Waals surface area contributed by atoms with Crippen molar-refractivity contribution in [2.45, 2.75) is 19.0 Å². The highest BCUT2D eigenvalue weighted by atomic mass is 35.5. The molecule has 15 heavy (non-hydrogen) atoms. The lowest BCUT2D eigenvalue weighted by atomic mass is 9.89. The predicted octanol–water partition coefficient (Wildman–Crippen LogP) is 1.57. The van der Waals surface area contributed by atoms with E-state index in [4.69, 9.17) is 17.3 Å². The summed E-state index contributed by atoms with van der Waals surface area (Å²) in [5.74, 6) is 0.0254. The molecule has 2 atom stereocenters. The van der Waals surface area contributed by atoms with Crippen LogP contribution in [0.3, 0.4) is 0 Å². The van der Waals surface area contributed by atoms with Crippen molar-refractivity contribution in [2.75, 3.05) is 6.54 Å². The van der Waals surface area contributed by atoms with E-state index < -0.39 is 6.04 Å². The highest BCUT2D eigenvalue weighted by molar-refractivity contribution is 6.30. The predicted molar refractivity (Wildman–Crippen MR) is 59.6 cm³/mol. The van der Waals surface area contributed by atoms with Gasteiger partial charge in [-0.25, -0.2) is 0 Å². The molecule has 1 aromatic carbocycles. The van der Waals surface area contributed by atoms with Crippen molar-refractivity contribution >= 4 is 17.5 Å². The van der Waals surface area contributed by atoms with Crippen molar-refractivity contribution in [2.24, 2.45) is 5.73 Å². The molecule has 3 nitrogen and oxygen atoms in total. The maximum absolute atomic E-state index is 11.4. The number of carbonyl (C=O) groups is 1. The first-order valence-electron chi connectivity index (χ1n) is 4.96. The zero-order chi connectivity index (χ0) is 11.0. The highest BCUT2D eigenvalue weighted by Gasteiger charge is 2.44. The van der Waals surface area contributed by atoms with Crippen LogP contribution in [0.4, 0.5) is 0 Å². The number of likely N-dealkylation sites (tertiary alicyclic amines) is 1. The van der Waals surface area contributed by atoms with Gasteiger partial charge in [0.05, 0.1) is 6.04 Å². The molecule has 2 rings (SSSR count). The molecule has 0 aliphatic carbocycles. The fraction of sp³-hybridized carbons (Fsp3) is 0.364. The first-order chi connectivity index (χ1) is 7.15. The van der Waals surface area contributed by atoms with E-state index in [2.05, 4.69) is 0 Å². The zero-order valence-corrected chi connectivity index (χ0v) is 9.24. The minimum absolute atomic E-state index is 0.0137. The van der Waals surface area contributed by atoms with E-state index in [1.165, 1.54) is 0 Å². The standard InChI is InChI=1S/C11H13ClN2O/c1-2-14-10(9(13)11(14)15)7-3-5-8(12)6-4-7/h3-6,9-10H,2,13H2,1H3/t9-,10-/m1/s1. The minimum Gasteiger partial charge on any atom is -0.332 e. The largest absolute Gasteiger partial charge is 0.332 e. The second kappa shape index (κ2) is 3.83. The first-order valence-corrected chi connectivity index (χ1v) is 5.34. The SMILES string of the molecule is CCN1C(=O)[C@H](N)[C@H]1c1ccc(Cl)cc1. The second-order valence-electron chi connectivity index (χ2n) is 3.65. The van der Waals surface area contributed by atoms with E-state index in [1.54, 1.807) is 4.90 Å². The van der Waals surface area contributed by atoms with Gasteiger partial charge in [0.2, 0.25) is 5.91 Å². The van der Waals surface area contributed by atoms with E-state index in [9.17, 15) is 4.79 Å². The molecule has 4 heteroatoms. The maximum Gasteiger partial charge on any atom is 0.242 e. The topological polar surface area (TPSA) is 46.3 Å². The lowest BCUT2D eigenvalue weighted by molar-refractivity contribution is -0.149. The summed E-state index contributed by atoms with van der Waals surface area (Å²) in [5.41, 5.74) is 6.83. The molecule has 2 N–H and O–H groups in total. The Hall–Kier alpha value is -1.06. The van der Waals surface area contributed by atoms with Gasteiger partial charge < -0.3 is 10.6 Å². The van der Waals surface area contributed by atoms with Gasteiger partial charge in [-0.2, -0.15) is 0 Å². The number of hydrogen-bond donors (Lipinski definition) is 1. The number of halogens is 1. The van der Waals surface area contributed by atoms with Crippen molar-refractivity contribution < 1.29 is 4.79 Å². The Balaban J connectivity index is 2.24. The molecular weight excluding hydrogens is 212 g/mol. The molecule has 0 spiro atoms. The van der Waals surface area contributed by atoms with Crippen molar-refractivity contribution in [1.29, 1.82) is 0 Å². The van der Waals surface area contributed by atoms with Crippen LogP contribution in [-0.4, -0.2) is 23.4 Å². The number of rotatable bonds is 2. The Labute approximate surface area is 93.8 Å². The number of carbonyl (C=O) groups excluding carboxylic acids is 1. The van der Waals surface area contributed by atoms with Crippen LogP contribution >= 0.6 is 11.6 Å². The number of nitrogens with zero attached hydrogens (tertiary/aromatic N) is 1. The van der Waals surface area contributed by atoms with Crippen LogP contribution in [-0.2, 0) is 4.79 Å². The van der Waals surface area contributed by atoms with Gasteiger partial charge in [0.1, 0.15) is 6.04 Å². The van der Waals surface area contributed by atoms with E-state index in [-0.39, 0.29) is 11.9 Å². The molecule has 0 aromatic heterocycles. The van der Waals surface area contributed by atoms with Gasteiger partial charge in [-0.15, -0.1) is 0 Å². The van der Waals surface area contributed by atoms with Crippen LogP contribution in [0.5, 0.6) is 0 Å². The smallest absolute Gasteiger partial charge is 0.242 e. The summed E-state index contributed by atoms with van der Waals surface area (Å²) in [4.78, 5) is 13.2. The molecule has 0 unspecified atom stereocenters. The van der Waals surface area contributed by atoms with Crippen LogP contribution in [0.2, 0.25) is 5.02 Å². The number of benzene rings is 1. The Morgan fingerprint density at radius 1 is 1.40 bits per heavy atom. The summed E-state index contributed by atoms with van der Waals surface area (Å²) in [6.07, 6.45) is 0. The fourth-order valence-electron chi connectivity index (χ4n) is 1.98. The molecule has 1 aromatic rings. The molecule has 0 bridgehead atoms. The zero-order valence-electron chi connectivity index (χ0n) is 8.48. The third-order valence-electron chi connectivity index (χ3n) is 2.80. The average Bonchev–Trinajstić information content (AvgIpc) is 2.26. The molecule has 1 aliphatic heterocycles. The summed E-state index contributed by atoms with van der Waals surface area (Å²) in [5, 5.41) is 0.695. The van der Waals surface area contributed by atoms with Gasteiger partial charge in [0.25, 0.3) is 0 Å². The van der Waals surface area contributed by atoms with Crippen LogP contribution in [0.25, 0.3) is 0 Å². The lowest BCUT2D eigenvalue weighted by Gasteiger charge is -2.45. The third-order valence-corrected chi connectivity index (χ3v) is 3.05. The molecule has 0 saturated carbocycles. The molecule has 1 fully saturated rings. The summed E-state index contributed by atoms with van der Waals surface area (Å²) in [6.45, 7) is 2.65. The Morgan fingerprint density at radius 3 is 2.53 bits per heavy atom. The molecule has 0 radical (unpaired) electrons. The van der Waals surface area contributed by atoms with Gasteiger partial charge in [-0.3, -0.25) is 4.79 Å². The second-order valence-corrected chi connectivity index (χ2v) is 4.08. The third kappa shape index (κ3) is 1.62. The Bertz CT molecular complexity index is 377. The van der Waals surface area contributed by atoms with Crippen molar-refractivity contribution in [3.8, 4) is 0 Å². The molecule has 1 aliphatic rings. The van der Waals surface area contributed by atoms with Crippen LogP contribution in [0.15, 0.2) is 24.3 Å². The number of amides is 1. The molecular formula is C11H13ClN2O. The average molecular weight is 225 g/mol. The summed E-state index contributed by atoms with van der Waals surface area (Å²) in [6, 6.07) is 7.09. The minimum atomic E-state index is -0.397. The number of hydrogen-bond acceptors (Lipinski definition) is 2. The van der Waals surface area contributed by atoms with E-state index in [0.29, 0.717) is 11.6 Å². The van der Waals surface area contributed by atoms with Crippen LogP contribution < -0.4 is 5.73 Å². The molecule has 1 heterocycles. The molecule has 1 amide bonds. The number of likely N-dealkylation sites (N-methyl/N-ethyl adjacent to an activating group) is 1. The van der Waals surface area contributed by atoms with Gasteiger partial charge in [0.15, 0.2) is 0 Å². The normalized spacial score (nSPS) is 25.3. The summed E-state index contributed by atoms with van der Waals surface area (Å²) in [7, 11) is 0. The highest BCUT2D eigenvalue weighted by Crippen LogP contribution is 2.33. The number of β-lactam (4-membered cyclic amide) rings is 1. The van der Waals surface area contributed by atoms with E-state index in [0.717, 1.165) is 5.56 Å². The van der Waals surface area contributed by atoms with Crippen molar-refractivity contribution in [3.63, 3.8) is 0 Å². The van der Waals surface area contributed by atoms with E-state index >= 15 is 0 Å². The monoisotopic (exact) mass is 224 g/mol. The van der Waals surface area contributed by atoms with Crippen molar-refractivity contribution in [3.05, 3.63) is 34.9 Å².